The summed E-state index contributed by atoms with van der Waals surface area (Å²) in [5, 5.41) is 0.727. The van der Waals surface area contributed by atoms with Crippen LogP contribution in [0.25, 0.3) is 11.0 Å². The molecule has 1 spiro atoms. The molecule has 1 unspecified atom stereocenters. The highest BCUT2D eigenvalue weighted by atomic mass is 32.2. The maximum atomic E-state index is 13.2. The third-order valence-electron chi connectivity index (χ3n) is 5.90. The number of hydrogen-bond acceptors (Lipinski definition) is 6. The number of amides is 1. The average Bonchev–Trinajstić information content (AvgIpc) is 3.45. The van der Waals surface area contributed by atoms with Gasteiger partial charge in [-0.3, -0.25) is 0 Å². The van der Waals surface area contributed by atoms with Crippen LogP contribution in [0.2, 0.25) is 0 Å². The van der Waals surface area contributed by atoms with E-state index in [4.69, 9.17) is 9.47 Å². The number of carbonyl (C=O) groups excluding carboxylic acids is 1. The molecule has 0 saturated carbocycles. The van der Waals surface area contributed by atoms with E-state index >= 15 is 0 Å². The summed E-state index contributed by atoms with van der Waals surface area (Å²) in [4.78, 5) is 18.9. The van der Waals surface area contributed by atoms with E-state index in [1.807, 2.05) is 20.8 Å². The highest BCUT2D eigenvalue weighted by molar-refractivity contribution is 7.90. The number of benzene rings is 1. The first kappa shape index (κ1) is 21.0. The molecule has 5 rings (SSSR count). The van der Waals surface area contributed by atoms with E-state index in [2.05, 4.69) is 4.98 Å². The van der Waals surface area contributed by atoms with Crippen LogP contribution in [0, 0.1) is 0 Å². The number of carbonyl (C=O) groups is 1. The Morgan fingerprint density at radius 1 is 1.19 bits per heavy atom. The fourth-order valence-corrected chi connectivity index (χ4v) is 5.85. The third kappa shape index (κ3) is 3.27. The summed E-state index contributed by atoms with van der Waals surface area (Å²) in [6, 6.07) is 10.1. The standard InChI is InChI=1S/C23H25N3O5S/c1-22(2,3)31-21(27)25-12-10-23(15-25)19-16(14-30-23)13-24-20-18(19)9-11-26(20)32(28,29)17-7-5-4-6-8-17/h4-9,11,13H,10,12,14-15H2,1-3H3. The smallest absolute Gasteiger partial charge is 0.410 e. The molecule has 2 aliphatic rings. The van der Waals surface area contributed by atoms with Crippen molar-refractivity contribution >= 4 is 27.1 Å². The van der Waals surface area contributed by atoms with Crippen molar-refractivity contribution in [2.24, 2.45) is 0 Å². The molecule has 8 nitrogen and oxygen atoms in total. The molecular formula is C23H25N3O5S. The predicted octanol–water partition coefficient (Wildman–Crippen LogP) is 3.64. The Morgan fingerprint density at radius 3 is 2.66 bits per heavy atom. The number of hydrogen-bond donors (Lipinski definition) is 0. The molecule has 168 valence electrons. The summed E-state index contributed by atoms with van der Waals surface area (Å²) in [7, 11) is -3.79. The maximum absolute atomic E-state index is 13.2. The quantitative estimate of drug-likeness (QED) is 0.586. The molecule has 32 heavy (non-hydrogen) atoms. The SMILES string of the molecule is CC(C)(C)OC(=O)N1CCC2(C1)OCc1cnc3c(ccn3S(=O)(=O)c3ccccc3)c12. The molecule has 1 amide bonds. The van der Waals surface area contributed by atoms with Crippen LogP contribution in [0.15, 0.2) is 53.7 Å². The summed E-state index contributed by atoms with van der Waals surface area (Å²) in [5.74, 6) is 0. The monoisotopic (exact) mass is 455 g/mol. The molecule has 1 saturated heterocycles. The number of ether oxygens (including phenoxy) is 2. The van der Waals surface area contributed by atoms with E-state index in [0.29, 0.717) is 31.8 Å². The number of pyridine rings is 1. The van der Waals surface area contributed by atoms with Crippen LogP contribution in [-0.2, 0) is 31.7 Å². The zero-order valence-electron chi connectivity index (χ0n) is 18.2. The van der Waals surface area contributed by atoms with E-state index < -0.39 is 21.2 Å². The van der Waals surface area contributed by atoms with E-state index in [1.54, 1.807) is 47.5 Å². The van der Waals surface area contributed by atoms with Gasteiger partial charge in [0.25, 0.3) is 10.0 Å². The lowest BCUT2D eigenvalue weighted by Gasteiger charge is -2.27. The van der Waals surface area contributed by atoms with Crippen LogP contribution in [0.5, 0.6) is 0 Å². The largest absolute Gasteiger partial charge is 0.444 e. The Hall–Kier alpha value is -2.91. The van der Waals surface area contributed by atoms with Gasteiger partial charge in [-0.2, -0.15) is 0 Å². The van der Waals surface area contributed by atoms with Crippen LogP contribution >= 0.6 is 0 Å². The number of fused-ring (bicyclic) bond motifs is 4. The average molecular weight is 456 g/mol. The first-order valence-corrected chi connectivity index (χ1v) is 12.0. The third-order valence-corrected chi connectivity index (χ3v) is 7.58. The summed E-state index contributed by atoms with van der Waals surface area (Å²) in [6.45, 7) is 6.73. The minimum Gasteiger partial charge on any atom is -0.444 e. The zero-order chi connectivity index (χ0) is 22.7. The minimum atomic E-state index is -3.79. The molecule has 0 aliphatic carbocycles. The van der Waals surface area contributed by atoms with Gasteiger partial charge in [0.2, 0.25) is 0 Å². The Kier molecular flexibility index (Phi) is 4.62. The number of rotatable bonds is 2. The Bertz CT molecular complexity index is 1310. The first-order chi connectivity index (χ1) is 15.1. The van der Waals surface area contributed by atoms with Crippen molar-refractivity contribution in [3.8, 4) is 0 Å². The minimum absolute atomic E-state index is 0.197. The molecule has 9 heteroatoms. The second kappa shape index (κ2) is 7.05. The zero-order valence-corrected chi connectivity index (χ0v) is 19.1. The van der Waals surface area contributed by atoms with Crippen LogP contribution in [-0.4, -0.2) is 47.1 Å². The second-order valence-electron chi connectivity index (χ2n) is 9.26. The Morgan fingerprint density at radius 2 is 1.94 bits per heavy atom. The van der Waals surface area contributed by atoms with Crippen molar-refractivity contribution in [3.63, 3.8) is 0 Å². The number of nitrogens with zero attached hydrogens (tertiary/aromatic N) is 3. The van der Waals surface area contributed by atoms with Crippen LogP contribution in [0.1, 0.15) is 38.3 Å². The fourth-order valence-electron chi connectivity index (χ4n) is 4.53. The highest BCUT2D eigenvalue weighted by Crippen LogP contribution is 2.46. The second-order valence-corrected chi connectivity index (χ2v) is 11.1. The molecule has 1 aromatic carbocycles. The van der Waals surface area contributed by atoms with Gasteiger partial charge in [-0.15, -0.1) is 0 Å². The van der Waals surface area contributed by atoms with E-state index in [-0.39, 0.29) is 11.0 Å². The molecule has 3 aromatic rings. The Labute approximate surface area is 186 Å². The van der Waals surface area contributed by atoms with Crippen LogP contribution in [0.3, 0.4) is 0 Å². The van der Waals surface area contributed by atoms with E-state index in [1.165, 1.54) is 10.2 Å². The molecule has 0 bridgehead atoms. The van der Waals surface area contributed by atoms with Crippen molar-refractivity contribution in [1.29, 1.82) is 0 Å². The molecule has 0 radical (unpaired) electrons. The molecule has 0 N–H and O–H groups in total. The van der Waals surface area contributed by atoms with Gasteiger partial charge in [0.15, 0.2) is 5.65 Å². The number of likely N-dealkylation sites (tertiary alicyclic amines) is 1. The molecule has 1 atom stereocenters. The lowest BCUT2D eigenvalue weighted by molar-refractivity contribution is -0.0320. The lowest BCUT2D eigenvalue weighted by Crippen LogP contribution is -2.38. The summed E-state index contributed by atoms with van der Waals surface area (Å²) in [6.07, 6.45) is 3.45. The topological polar surface area (TPSA) is 90.7 Å². The van der Waals surface area contributed by atoms with Gasteiger partial charge in [0, 0.05) is 41.9 Å². The molecule has 1 fully saturated rings. The predicted molar refractivity (Wildman–Crippen MR) is 118 cm³/mol. The first-order valence-electron chi connectivity index (χ1n) is 10.5. The summed E-state index contributed by atoms with van der Waals surface area (Å²) in [5.41, 5.74) is 0.902. The van der Waals surface area contributed by atoms with Crippen molar-refractivity contribution in [1.82, 2.24) is 13.9 Å². The van der Waals surface area contributed by atoms with Gasteiger partial charge in [-0.1, -0.05) is 18.2 Å². The van der Waals surface area contributed by atoms with Crippen molar-refractivity contribution in [3.05, 3.63) is 59.9 Å². The van der Waals surface area contributed by atoms with Gasteiger partial charge in [-0.25, -0.2) is 22.2 Å². The van der Waals surface area contributed by atoms with Gasteiger partial charge in [-0.05, 0) is 39.0 Å². The van der Waals surface area contributed by atoms with Gasteiger partial charge < -0.3 is 14.4 Å². The lowest BCUT2D eigenvalue weighted by atomic mass is 9.90. The van der Waals surface area contributed by atoms with Crippen LogP contribution < -0.4 is 0 Å². The van der Waals surface area contributed by atoms with Crippen molar-refractivity contribution in [2.45, 2.75) is 49.9 Å². The van der Waals surface area contributed by atoms with Crippen molar-refractivity contribution in [2.75, 3.05) is 13.1 Å². The molecule has 2 aliphatic heterocycles. The van der Waals surface area contributed by atoms with Gasteiger partial charge in [0.05, 0.1) is 18.0 Å². The molecule has 2 aromatic heterocycles. The summed E-state index contributed by atoms with van der Waals surface area (Å²) >= 11 is 0. The van der Waals surface area contributed by atoms with Crippen molar-refractivity contribution < 1.29 is 22.7 Å². The van der Waals surface area contributed by atoms with Gasteiger partial charge in [0.1, 0.15) is 11.2 Å². The van der Waals surface area contributed by atoms with Crippen LogP contribution in [0.4, 0.5) is 4.79 Å². The fraction of sp³-hybridized carbons (Fsp3) is 0.391. The number of aromatic nitrogens is 2. The molecular weight excluding hydrogens is 430 g/mol. The molecule has 4 heterocycles. The highest BCUT2D eigenvalue weighted by Gasteiger charge is 2.49. The van der Waals surface area contributed by atoms with E-state index in [0.717, 1.165) is 16.5 Å². The van der Waals surface area contributed by atoms with E-state index in [9.17, 15) is 13.2 Å². The maximum Gasteiger partial charge on any atom is 0.410 e. The normalized spacial score (nSPS) is 20.8. The van der Waals surface area contributed by atoms with Gasteiger partial charge >= 0.3 is 6.09 Å². The summed E-state index contributed by atoms with van der Waals surface area (Å²) < 4.78 is 39.4. The Balaban J connectivity index is 1.55.